The first-order valence-electron chi connectivity index (χ1n) is 9.05. The average Bonchev–Trinajstić information content (AvgIpc) is 3.41. The second kappa shape index (κ2) is 6.36. The summed E-state index contributed by atoms with van der Waals surface area (Å²) in [6.07, 6.45) is 5.67. The number of aromatic nitrogens is 2. The van der Waals surface area contributed by atoms with Gasteiger partial charge >= 0.3 is 0 Å². The van der Waals surface area contributed by atoms with Crippen LogP contribution in [0.15, 0.2) is 48.0 Å². The zero-order valence-corrected chi connectivity index (χ0v) is 15.0. The fourth-order valence-corrected chi connectivity index (χ4v) is 4.45. The van der Waals surface area contributed by atoms with E-state index in [1.807, 2.05) is 11.3 Å². The van der Waals surface area contributed by atoms with Crippen molar-refractivity contribution in [3.8, 4) is 11.1 Å². The Kier molecular flexibility index (Phi) is 3.87. The highest BCUT2D eigenvalue weighted by molar-refractivity contribution is 7.10. The highest BCUT2D eigenvalue weighted by Gasteiger charge is 2.28. The van der Waals surface area contributed by atoms with E-state index >= 15 is 0 Å². The minimum Gasteiger partial charge on any atom is -0.292 e. The lowest BCUT2D eigenvalue weighted by Gasteiger charge is -2.27. The molecule has 4 heteroatoms. The molecule has 1 aliphatic carbocycles. The summed E-state index contributed by atoms with van der Waals surface area (Å²) in [7, 11) is 0. The van der Waals surface area contributed by atoms with Gasteiger partial charge in [0, 0.05) is 36.6 Å². The van der Waals surface area contributed by atoms with Crippen LogP contribution in [-0.2, 0) is 19.5 Å². The second-order valence-corrected chi connectivity index (χ2v) is 8.10. The van der Waals surface area contributed by atoms with E-state index in [0.717, 1.165) is 31.9 Å². The van der Waals surface area contributed by atoms with E-state index in [2.05, 4.69) is 57.9 Å². The lowest BCUT2D eigenvalue weighted by atomic mass is 10.1. The monoisotopic (exact) mass is 347 g/mol. The Morgan fingerprint density at radius 2 is 2.00 bits per heavy atom. The Balaban J connectivity index is 1.31. The quantitative estimate of drug-likeness (QED) is 0.688. The summed E-state index contributed by atoms with van der Waals surface area (Å²) in [4.78, 5) is 13.4. The van der Waals surface area contributed by atoms with E-state index in [9.17, 15) is 0 Å². The molecular formula is C21H21N3S. The Morgan fingerprint density at radius 3 is 2.84 bits per heavy atom. The molecule has 5 rings (SSSR count). The van der Waals surface area contributed by atoms with Gasteiger partial charge in [-0.25, -0.2) is 9.97 Å². The van der Waals surface area contributed by atoms with E-state index in [1.165, 1.54) is 40.1 Å². The minimum atomic E-state index is 0.631. The van der Waals surface area contributed by atoms with Crippen molar-refractivity contribution < 1.29 is 0 Å². The molecule has 0 radical (unpaired) electrons. The Hall–Kier alpha value is -2.04. The molecule has 2 aliphatic rings. The zero-order chi connectivity index (χ0) is 16.6. The zero-order valence-electron chi connectivity index (χ0n) is 14.2. The predicted octanol–water partition coefficient (Wildman–Crippen LogP) is 4.64. The van der Waals surface area contributed by atoms with Gasteiger partial charge in [-0.1, -0.05) is 30.3 Å². The van der Waals surface area contributed by atoms with Crippen molar-refractivity contribution in [2.24, 2.45) is 0 Å². The van der Waals surface area contributed by atoms with Gasteiger partial charge < -0.3 is 0 Å². The fraction of sp³-hybridized carbons (Fsp3) is 0.333. The topological polar surface area (TPSA) is 29.0 Å². The average molecular weight is 347 g/mol. The Morgan fingerprint density at radius 1 is 1.12 bits per heavy atom. The Bertz CT molecular complexity index is 883. The SMILES string of the molecule is c1ccc(-c2csc(CN3CCc4cnc(C5CC5)nc4C3)c2)cc1. The van der Waals surface area contributed by atoms with E-state index in [4.69, 9.17) is 4.98 Å². The molecule has 126 valence electrons. The van der Waals surface area contributed by atoms with Crippen LogP contribution in [0, 0.1) is 0 Å². The van der Waals surface area contributed by atoms with Gasteiger partial charge in [0.25, 0.3) is 0 Å². The highest BCUT2D eigenvalue weighted by Crippen LogP contribution is 2.38. The lowest BCUT2D eigenvalue weighted by Crippen LogP contribution is -2.31. The first-order valence-corrected chi connectivity index (χ1v) is 9.93. The molecule has 1 aliphatic heterocycles. The molecule has 1 saturated carbocycles. The van der Waals surface area contributed by atoms with Crippen LogP contribution in [0.5, 0.6) is 0 Å². The molecule has 0 amide bonds. The van der Waals surface area contributed by atoms with Crippen LogP contribution < -0.4 is 0 Å². The van der Waals surface area contributed by atoms with Crippen LogP contribution in [0.1, 0.15) is 40.7 Å². The molecule has 3 nitrogen and oxygen atoms in total. The number of hydrogen-bond acceptors (Lipinski definition) is 4. The van der Waals surface area contributed by atoms with Crippen LogP contribution in [0.25, 0.3) is 11.1 Å². The molecule has 0 bridgehead atoms. The number of rotatable bonds is 4. The first-order chi connectivity index (χ1) is 12.3. The summed E-state index contributed by atoms with van der Waals surface area (Å²) in [5, 5.41) is 2.27. The molecule has 0 N–H and O–H groups in total. The van der Waals surface area contributed by atoms with Crippen LogP contribution in [0.3, 0.4) is 0 Å². The van der Waals surface area contributed by atoms with Crippen molar-refractivity contribution in [1.29, 1.82) is 0 Å². The summed E-state index contributed by atoms with van der Waals surface area (Å²) >= 11 is 1.86. The summed E-state index contributed by atoms with van der Waals surface area (Å²) in [6.45, 7) is 3.06. The van der Waals surface area contributed by atoms with E-state index in [-0.39, 0.29) is 0 Å². The van der Waals surface area contributed by atoms with Gasteiger partial charge in [-0.2, -0.15) is 0 Å². The maximum atomic E-state index is 4.87. The van der Waals surface area contributed by atoms with Gasteiger partial charge in [-0.3, -0.25) is 4.90 Å². The number of nitrogens with zero attached hydrogens (tertiary/aromatic N) is 3. The maximum absolute atomic E-state index is 4.87. The summed E-state index contributed by atoms with van der Waals surface area (Å²) in [5.74, 6) is 1.70. The second-order valence-electron chi connectivity index (χ2n) is 7.10. The van der Waals surface area contributed by atoms with Crippen molar-refractivity contribution in [3.05, 3.63) is 69.9 Å². The summed E-state index contributed by atoms with van der Waals surface area (Å²) < 4.78 is 0. The van der Waals surface area contributed by atoms with Gasteiger partial charge in [0.05, 0.1) is 5.69 Å². The Labute approximate surface area is 152 Å². The largest absolute Gasteiger partial charge is 0.292 e. The molecule has 3 aromatic rings. The van der Waals surface area contributed by atoms with Crippen molar-refractivity contribution in [1.82, 2.24) is 14.9 Å². The van der Waals surface area contributed by atoms with Crippen LogP contribution >= 0.6 is 11.3 Å². The molecular weight excluding hydrogens is 326 g/mol. The molecule has 1 aromatic carbocycles. The lowest BCUT2D eigenvalue weighted by molar-refractivity contribution is 0.243. The van der Waals surface area contributed by atoms with Gasteiger partial charge in [0.15, 0.2) is 0 Å². The molecule has 1 fully saturated rings. The van der Waals surface area contributed by atoms with Crippen LogP contribution in [0.2, 0.25) is 0 Å². The minimum absolute atomic E-state index is 0.631. The number of fused-ring (bicyclic) bond motifs is 1. The van der Waals surface area contributed by atoms with Crippen LogP contribution in [-0.4, -0.2) is 21.4 Å². The van der Waals surface area contributed by atoms with Gasteiger partial charge in [0.2, 0.25) is 0 Å². The van der Waals surface area contributed by atoms with Gasteiger partial charge in [-0.15, -0.1) is 11.3 Å². The van der Waals surface area contributed by atoms with Crippen molar-refractivity contribution in [2.75, 3.05) is 6.54 Å². The standard InChI is InChI=1S/C21H21N3S/c1-2-4-15(5-3-1)18-10-19(25-14-18)12-24-9-8-17-11-22-21(16-6-7-16)23-20(17)13-24/h1-5,10-11,14,16H,6-9,12-13H2. The maximum Gasteiger partial charge on any atom is 0.131 e. The molecule has 0 unspecified atom stereocenters. The number of thiophene rings is 1. The summed E-state index contributed by atoms with van der Waals surface area (Å²) in [6, 6.07) is 13.0. The molecule has 25 heavy (non-hydrogen) atoms. The molecule has 0 spiro atoms. The number of hydrogen-bond donors (Lipinski definition) is 0. The third kappa shape index (κ3) is 3.24. The molecule has 3 heterocycles. The van der Waals surface area contributed by atoms with Crippen molar-refractivity contribution >= 4 is 11.3 Å². The highest BCUT2D eigenvalue weighted by atomic mass is 32.1. The van der Waals surface area contributed by atoms with Crippen LogP contribution in [0.4, 0.5) is 0 Å². The normalized spacial score (nSPS) is 17.4. The molecule has 0 atom stereocenters. The predicted molar refractivity (Wildman–Crippen MR) is 102 cm³/mol. The smallest absolute Gasteiger partial charge is 0.131 e. The van der Waals surface area contributed by atoms with E-state index < -0.39 is 0 Å². The molecule has 0 saturated heterocycles. The van der Waals surface area contributed by atoms with Gasteiger partial charge in [-0.05, 0) is 47.4 Å². The third-order valence-electron chi connectivity index (χ3n) is 5.13. The van der Waals surface area contributed by atoms with E-state index in [0.29, 0.717) is 5.92 Å². The summed E-state index contributed by atoms with van der Waals surface area (Å²) in [5.41, 5.74) is 5.23. The number of benzene rings is 1. The van der Waals surface area contributed by atoms with E-state index in [1.54, 1.807) is 0 Å². The van der Waals surface area contributed by atoms with Crippen molar-refractivity contribution in [3.63, 3.8) is 0 Å². The first kappa shape index (κ1) is 15.2. The fourth-order valence-electron chi connectivity index (χ4n) is 3.51. The molecule has 2 aromatic heterocycles. The third-order valence-corrected chi connectivity index (χ3v) is 6.05. The van der Waals surface area contributed by atoms with Gasteiger partial charge in [0.1, 0.15) is 5.82 Å². The van der Waals surface area contributed by atoms with Crippen molar-refractivity contribution in [2.45, 2.75) is 38.3 Å².